The van der Waals surface area contributed by atoms with E-state index in [-0.39, 0.29) is 0 Å². The van der Waals surface area contributed by atoms with Gasteiger partial charge in [-0.3, -0.25) is 0 Å². The maximum atomic E-state index is 9.81. The molecule has 0 spiro atoms. The molecular weight excluding hydrogens is 310 g/mol. The van der Waals surface area contributed by atoms with Gasteiger partial charge in [-0.15, -0.1) is 0 Å². The molecule has 3 heteroatoms. The van der Waals surface area contributed by atoms with Crippen molar-refractivity contribution in [3.8, 4) is 11.5 Å². The third-order valence-electron chi connectivity index (χ3n) is 5.11. The van der Waals surface area contributed by atoms with Gasteiger partial charge in [0.2, 0.25) is 0 Å². The molecule has 0 radical (unpaired) electrons. The largest absolute Gasteiger partial charge is 0.508 e. The number of ether oxygens (including phenoxy) is 1. The summed E-state index contributed by atoms with van der Waals surface area (Å²) in [6.45, 7) is 1.03. The van der Waals surface area contributed by atoms with Crippen molar-refractivity contribution in [3.05, 3.63) is 71.3 Å². The molecule has 3 nitrogen and oxygen atoms in total. The van der Waals surface area contributed by atoms with Gasteiger partial charge in [-0.2, -0.15) is 0 Å². The molecule has 1 aliphatic rings. The Morgan fingerprint density at radius 3 is 2.64 bits per heavy atom. The Balaban J connectivity index is 1.83. The fourth-order valence-electron chi connectivity index (χ4n) is 4.02. The van der Waals surface area contributed by atoms with Crippen molar-refractivity contribution in [1.29, 1.82) is 0 Å². The lowest BCUT2D eigenvalue weighted by Gasteiger charge is -2.27. The second-order valence-corrected chi connectivity index (χ2v) is 6.66. The van der Waals surface area contributed by atoms with Crippen LogP contribution in [0.5, 0.6) is 11.5 Å². The van der Waals surface area contributed by atoms with Crippen molar-refractivity contribution < 1.29 is 9.84 Å². The Morgan fingerprint density at radius 2 is 1.80 bits per heavy atom. The lowest BCUT2D eigenvalue weighted by atomic mass is 9.77. The highest BCUT2D eigenvalue weighted by Crippen LogP contribution is 2.42. The first-order chi connectivity index (χ1) is 12.3. The van der Waals surface area contributed by atoms with Gasteiger partial charge < -0.3 is 15.6 Å². The molecule has 1 aliphatic carbocycles. The molecule has 0 aromatic heterocycles. The number of fused-ring (bicyclic) bond motifs is 2. The number of aryl methyl sites for hydroxylation is 1. The van der Waals surface area contributed by atoms with E-state index >= 15 is 0 Å². The molecule has 128 valence electrons. The van der Waals surface area contributed by atoms with Crippen LogP contribution < -0.4 is 10.5 Å². The van der Waals surface area contributed by atoms with Crippen molar-refractivity contribution in [3.63, 3.8) is 0 Å². The number of benzene rings is 3. The van der Waals surface area contributed by atoms with E-state index in [1.54, 1.807) is 6.07 Å². The summed E-state index contributed by atoms with van der Waals surface area (Å²) in [7, 11) is 0. The maximum Gasteiger partial charge on any atom is 0.127 e. The molecule has 0 saturated heterocycles. The summed E-state index contributed by atoms with van der Waals surface area (Å²) in [5.74, 6) is 1.61. The van der Waals surface area contributed by atoms with Gasteiger partial charge in [0.15, 0.2) is 0 Å². The number of hydrogen-bond acceptors (Lipinski definition) is 3. The molecule has 0 fully saturated rings. The minimum atomic E-state index is 0.356. The SMILES string of the molecule is NCCOc1ccc(C2CCCc3cc(O)ccc32)c2ccccc12. The minimum absolute atomic E-state index is 0.356. The fraction of sp³-hybridized carbons (Fsp3) is 0.273. The standard InChI is InChI=1S/C22H23NO2/c23-12-13-25-22-11-10-20(19-5-1-2-6-21(19)22)18-7-3-4-15-14-16(24)8-9-17(15)18/h1-2,5-6,8-11,14,18,24H,3-4,7,12-13,23H2. The van der Waals surface area contributed by atoms with Crippen molar-refractivity contribution in [1.82, 2.24) is 0 Å². The van der Waals surface area contributed by atoms with Crippen LogP contribution in [0.25, 0.3) is 10.8 Å². The average Bonchev–Trinajstić information content (AvgIpc) is 2.65. The number of hydrogen-bond donors (Lipinski definition) is 2. The molecular formula is C22H23NO2. The van der Waals surface area contributed by atoms with E-state index in [4.69, 9.17) is 10.5 Å². The predicted molar refractivity (Wildman–Crippen MR) is 101 cm³/mol. The van der Waals surface area contributed by atoms with Crippen molar-refractivity contribution in [2.45, 2.75) is 25.2 Å². The first-order valence-corrected chi connectivity index (χ1v) is 8.94. The zero-order valence-electron chi connectivity index (χ0n) is 14.2. The van der Waals surface area contributed by atoms with E-state index in [0.717, 1.165) is 30.4 Å². The lowest BCUT2D eigenvalue weighted by Crippen LogP contribution is -2.12. The van der Waals surface area contributed by atoms with Gasteiger partial charge in [0.25, 0.3) is 0 Å². The van der Waals surface area contributed by atoms with Crippen LogP contribution in [-0.2, 0) is 6.42 Å². The zero-order valence-corrected chi connectivity index (χ0v) is 14.2. The van der Waals surface area contributed by atoms with E-state index in [0.29, 0.717) is 24.8 Å². The van der Waals surface area contributed by atoms with Crippen LogP contribution in [0.1, 0.15) is 35.4 Å². The summed E-state index contributed by atoms with van der Waals surface area (Å²) in [5.41, 5.74) is 9.53. The molecule has 0 amide bonds. The zero-order chi connectivity index (χ0) is 17.2. The van der Waals surface area contributed by atoms with Crippen LogP contribution in [0.2, 0.25) is 0 Å². The summed E-state index contributed by atoms with van der Waals surface area (Å²) >= 11 is 0. The van der Waals surface area contributed by atoms with E-state index in [1.165, 1.54) is 22.1 Å². The molecule has 0 heterocycles. The van der Waals surface area contributed by atoms with Crippen molar-refractivity contribution in [2.24, 2.45) is 5.73 Å². The van der Waals surface area contributed by atoms with Crippen LogP contribution in [-0.4, -0.2) is 18.3 Å². The third-order valence-corrected chi connectivity index (χ3v) is 5.11. The van der Waals surface area contributed by atoms with Gasteiger partial charge in [0.1, 0.15) is 18.1 Å². The van der Waals surface area contributed by atoms with Gasteiger partial charge in [-0.1, -0.05) is 36.4 Å². The fourth-order valence-corrected chi connectivity index (χ4v) is 4.02. The normalized spacial score (nSPS) is 16.6. The summed E-state index contributed by atoms with van der Waals surface area (Å²) in [6.07, 6.45) is 3.31. The molecule has 0 bridgehead atoms. The Bertz CT molecular complexity index is 904. The van der Waals surface area contributed by atoms with Crippen LogP contribution in [0.15, 0.2) is 54.6 Å². The molecule has 1 atom stereocenters. The average molecular weight is 333 g/mol. The second kappa shape index (κ2) is 6.77. The molecule has 0 aliphatic heterocycles. The molecule has 3 aromatic rings. The highest BCUT2D eigenvalue weighted by atomic mass is 16.5. The van der Waals surface area contributed by atoms with Crippen LogP contribution >= 0.6 is 0 Å². The first-order valence-electron chi connectivity index (χ1n) is 8.94. The van der Waals surface area contributed by atoms with Gasteiger partial charge in [0.05, 0.1) is 0 Å². The Kier molecular flexibility index (Phi) is 4.33. The van der Waals surface area contributed by atoms with Gasteiger partial charge in [-0.25, -0.2) is 0 Å². The highest BCUT2D eigenvalue weighted by Gasteiger charge is 2.24. The van der Waals surface area contributed by atoms with Crippen LogP contribution in [0.3, 0.4) is 0 Å². The number of aromatic hydroxyl groups is 1. The summed E-state index contributed by atoms with van der Waals surface area (Å²) in [6, 6.07) is 18.5. The minimum Gasteiger partial charge on any atom is -0.508 e. The van der Waals surface area contributed by atoms with Gasteiger partial charge >= 0.3 is 0 Å². The Labute approximate surface area is 148 Å². The molecule has 1 unspecified atom stereocenters. The molecule has 4 rings (SSSR count). The monoisotopic (exact) mass is 333 g/mol. The predicted octanol–water partition coefficient (Wildman–Crippen LogP) is 4.35. The van der Waals surface area contributed by atoms with E-state index < -0.39 is 0 Å². The lowest BCUT2D eigenvalue weighted by molar-refractivity contribution is 0.332. The van der Waals surface area contributed by atoms with Gasteiger partial charge in [-0.05, 0) is 59.5 Å². The Morgan fingerprint density at radius 1 is 1.00 bits per heavy atom. The van der Waals surface area contributed by atoms with E-state index in [1.807, 2.05) is 12.1 Å². The third kappa shape index (κ3) is 2.96. The molecule has 25 heavy (non-hydrogen) atoms. The molecule has 0 saturated carbocycles. The summed E-state index contributed by atoms with van der Waals surface area (Å²) in [5, 5.41) is 12.2. The number of phenolic OH excluding ortho intramolecular Hbond substituents is 1. The smallest absolute Gasteiger partial charge is 0.127 e. The van der Waals surface area contributed by atoms with Crippen molar-refractivity contribution >= 4 is 10.8 Å². The topological polar surface area (TPSA) is 55.5 Å². The second-order valence-electron chi connectivity index (χ2n) is 6.66. The highest BCUT2D eigenvalue weighted by molar-refractivity contribution is 5.91. The molecule has 3 aromatic carbocycles. The summed E-state index contributed by atoms with van der Waals surface area (Å²) in [4.78, 5) is 0. The van der Waals surface area contributed by atoms with Crippen molar-refractivity contribution in [2.75, 3.05) is 13.2 Å². The van der Waals surface area contributed by atoms with E-state index in [2.05, 4.69) is 36.4 Å². The maximum absolute atomic E-state index is 9.81. The summed E-state index contributed by atoms with van der Waals surface area (Å²) < 4.78 is 5.84. The molecule has 3 N–H and O–H groups in total. The Hall–Kier alpha value is -2.52. The van der Waals surface area contributed by atoms with Crippen LogP contribution in [0.4, 0.5) is 0 Å². The number of rotatable bonds is 4. The number of phenols is 1. The quantitative estimate of drug-likeness (QED) is 0.746. The van der Waals surface area contributed by atoms with E-state index in [9.17, 15) is 5.11 Å². The first kappa shape index (κ1) is 16.0. The number of nitrogens with two attached hydrogens (primary N) is 1. The van der Waals surface area contributed by atoms with Crippen LogP contribution in [0, 0.1) is 0 Å². The van der Waals surface area contributed by atoms with Gasteiger partial charge in [0, 0.05) is 17.8 Å².